The summed E-state index contributed by atoms with van der Waals surface area (Å²) < 4.78 is 6.96. The number of rotatable bonds is 4. The molecule has 0 aliphatic heterocycles. The summed E-state index contributed by atoms with van der Waals surface area (Å²) >= 11 is 5.60. The molecule has 4 heteroatoms. The molecule has 0 radical (unpaired) electrons. The zero-order valence-electron chi connectivity index (χ0n) is 7.38. The van der Waals surface area contributed by atoms with Crippen LogP contribution in [0.4, 0.5) is 0 Å². The van der Waals surface area contributed by atoms with Crippen molar-refractivity contribution in [3.05, 3.63) is 11.9 Å². The predicted octanol–water partition coefficient (Wildman–Crippen LogP) is 1.60. The van der Waals surface area contributed by atoms with Crippen LogP contribution >= 0.6 is 11.6 Å². The van der Waals surface area contributed by atoms with E-state index in [1.165, 1.54) is 0 Å². The number of hydrogen-bond donors (Lipinski definition) is 0. The molecule has 0 aromatic carbocycles. The number of halogens is 1. The topological polar surface area (TPSA) is 27.1 Å². The van der Waals surface area contributed by atoms with Crippen LogP contribution in [0.3, 0.4) is 0 Å². The number of methoxy groups -OCH3 is 1. The maximum Gasteiger partial charge on any atom is 0.159 e. The molecule has 0 aliphatic carbocycles. The van der Waals surface area contributed by atoms with Crippen molar-refractivity contribution in [3.8, 4) is 5.75 Å². The summed E-state index contributed by atoms with van der Waals surface area (Å²) in [5.74, 6) is 1.52. The number of ether oxygens (including phenoxy) is 1. The first-order valence-corrected chi connectivity index (χ1v) is 4.44. The molecule has 1 heterocycles. The Morgan fingerprint density at radius 1 is 1.67 bits per heavy atom. The van der Waals surface area contributed by atoms with E-state index in [-0.39, 0.29) is 0 Å². The van der Waals surface area contributed by atoms with Gasteiger partial charge >= 0.3 is 0 Å². The van der Waals surface area contributed by atoms with Gasteiger partial charge in [0, 0.05) is 12.9 Å². The Morgan fingerprint density at radius 2 is 2.42 bits per heavy atom. The second-order valence-corrected chi connectivity index (χ2v) is 2.95. The van der Waals surface area contributed by atoms with Crippen LogP contribution in [0, 0.1) is 0 Å². The third kappa shape index (κ3) is 1.91. The summed E-state index contributed by atoms with van der Waals surface area (Å²) in [4.78, 5) is 0. The predicted molar refractivity (Wildman–Crippen MR) is 48.8 cm³/mol. The van der Waals surface area contributed by atoms with E-state index in [0.717, 1.165) is 24.3 Å². The summed E-state index contributed by atoms with van der Waals surface area (Å²) in [6.45, 7) is 0. The average molecular weight is 189 g/mol. The fraction of sp³-hybridized carbons (Fsp3) is 0.625. The van der Waals surface area contributed by atoms with Crippen molar-refractivity contribution in [3.63, 3.8) is 0 Å². The molecule has 0 saturated heterocycles. The molecule has 1 rings (SSSR count). The smallest absolute Gasteiger partial charge is 0.159 e. The molecular weight excluding hydrogens is 176 g/mol. The van der Waals surface area contributed by atoms with Gasteiger partial charge in [-0.05, 0) is 12.8 Å². The normalized spacial score (nSPS) is 10.2. The lowest BCUT2D eigenvalue weighted by Gasteiger charge is -2.02. The Kier molecular flexibility index (Phi) is 3.41. The fourth-order valence-electron chi connectivity index (χ4n) is 1.13. The monoisotopic (exact) mass is 188 g/mol. The number of hydrogen-bond acceptors (Lipinski definition) is 2. The van der Waals surface area contributed by atoms with Gasteiger partial charge in [0.2, 0.25) is 0 Å². The van der Waals surface area contributed by atoms with Crippen molar-refractivity contribution in [1.29, 1.82) is 0 Å². The van der Waals surface area contributed by atoms with E-state index in [1.807, 2.05) is 11.7 Å². The lowest BCUT2D eigenvalue weighted by atomic mass is 10.2. The van der Waals surface area contributed by atoms with Gasteiger partial charge < -0.3 is 4.74 Å². The molecule has 0 unspecified atom stereocenters. The highest BCUT2D eigenvalue weighted by atomic mass is 35.5. The van der Waals surface area contributed by atoms with Gasteiger partial charge in [-0.2, -0.15) is 5.10 Å². The van der Waals surface area contributed by atoms with Crippen molar-refractivity contribution >= 4 is 11.6 Å². The highest BCUT2D eigenvalue weighted by Crippen LogP contribution is 2.17. The minimum atomic E-state index is 0.675. The first-order valence-electron chi connectivity index (χ1n) is 3.90. The maximum atomic E-state index is 5.60. The third-order valence-corrected chi connectivity index (χ3v) is 2.06. The van der Waals surface area contributed by atoms with Gasteiger partial charge in [0.1, 0.15) is 0 Å². The maximum absolute atomic E-state index is 5.60. The number of aryl methyl sites for hydroxylation is 1. The molecule has 0 saturated carbocycles. The molecule has 68 valence electrons. The molecule has 0 amide bonds. The van der Waals surface area contributed by atoms with E-state index in [9.17, 15) is 0 Å². The van der Waals surface area contributed by atoms with Gasteiger partial charge in [0.25, 0.3) is 0 Å². The largest absolute Gasteiger partial charge is 0.493 e. The van der Waals surface area contributed by atoms with E-state index in [0.29, 0.717) is 5.88 Å². The molecule has 0 bridgehead atoms. The summed E-state index contributed by atoms with van der Waals surface area (Å²) in [5, 5.41) is 4.09. The van der Waals surface area contributed by atoms with Crippen LogP contribution in [0.15, 0.2) is 6.20 Å². The van der Waals surface area contributed by atoms with Crippen LogP contribution in [-0.4, -0.2) is 22.8 Å². The number of aromatic nitrogens is 2. The Balaban J connectivity index is 2.72. The van der Waals surface area contributed by atoms with Crippen molar-refractivity contribution in [1.82, 2.24) is 9.78 Å². The van der Waals surface area contributed by atoms with Crippen LogP contribution in [0.2, 0.25) is 0 Å². The van der Waals surface area contributed by atoms with E-state index in [1.54, 1.807) is 13.3 Å². The van der Waals surface area contributed by atoms with Gasteiger partial charge in [-0.3, -0.25) is 4.68 Å². The van der Waals surface area contributed by atoms with Crippen molar-refractivity contribution in [2.24, 2.45) is 7.05 Å². The molecule has 0 aliphatic rings. The third-order valence-electron chi connectivity index (χ3n) is 1.79. The van der Waals surface area contributed by atoms with Gasteiger partial charge in [-0.15, -0.1) is 11.6 Å². The Labute approximate surface area is 77.3 Å². The Morgan fingerprint density at radius 3 is 3.00 bits per heavy atom. The van der Waals surface area contributed by atoms with Crippen LogP contribution in [0.25, 0.3) is 0 Å². The summed E-state index contributed by atoms with van der Waals surface area (Å²) in [5.41, 5.74) is 1.11. The highest BCUT2D eigenvalue weighted by Gasteiger charge is 2.07. The molecule has 3 nitrogen and oxygen atoms in total. The molecule has 0 fully saturated rings. The van der Waals surface area contributed by atoms with Crippen LogP contribution in [-0.2, 0) is 13.5 Å². The van der Waals surface area contributed by atoms with E-state index >= 15 is 0 Å². The molecule has 12 heavy (non-hydrogen) atoms. The summed E-state index contributed by atoms with van der Waals surface area (Å²) in [7, 11) is 3.56. The minimum Gasteiger partial charge on any atom is -0.493 e. The summed E-state index contributed by atoms with van der Waals surface area (Å²) in [6.07, 6.45) is 3.60. The minimum absolute atomic E-state index is 0.675. The van der Waals surface area contributed by atoms with E-state index in [2.05, 4.69) is 5.10 Å². The lowest BCUT2D eigenvalue weighted by Crippen LogP contribution is -2.00. The van der Waals surface area contributed by atoms with Gasteiger partial charge in [-0.1, -0.05) is 0 Å². The zero-order valence-corrected chi connectivity index (χ0v) is 8.14. The van der Waals surface area contributed by atoms with E-state index < -0.39 is 0 Å². The molecule has 0 spiro atoms. The second kappa shape index (κ2) is 4.36. The van der Waals surface area contributed by atoms with Crippen molar-refractivity contribution in [2.75, 3.05) is 13.0 Å². The van der Waals surface area contributed by atoms with E-state index in [4.69, 9.17) is 16.3 Å². The van der Waals surface area contributed by atoms with Crippen LogP contribution in [0.1, 0.15) is 12.1 Å². The summed E-state index contributed by atoms with van der Waals surface area (Å²) in [6, 6.07) is 0. The lowest BCUT2D eigenvalue weighted by molar-refractivity contribution is 0.408. The number of alkyl halides is 1. The Bertz CT molecular complexity index is 247. The zero-order chi connectivity index (χ0) is 8.97. The SMILES string of the molecule is COc1cnn(C)c1CCCCl. The number of nitrogens with zero attached hydrogens (tertiary/aromatic N) is 2. The molecule has 1 aromatic rings. The standard InChI is InChI=1S/C8H13ClN2O/c1-11-7(4-3-5-9)8(12-2)6-10-11/h6H,3-5H2,1-2H3. The Hall–Kier alpha value is -0.700. The highest BCUT2D eigenvalue weighted by molar-refractivity contribution is 6.17. The van der Waals surface area contributed by atoms with Gasteiger partial charge in [0.05, 0.1) is 19.0 Å². The average Bonchev–Trinajstić information content (AvgIpc) is 2.43. The first kappa shape index (κ1) is 9.39. The first-order chi connectivity index (χ1) is 5.79. The molecular formula is C8H13ClN2O. The molecule has 0 atom stereocenters. The molecule has 0 N–H and O–H groups in total. The second-order valence-electron chi connectivity index (χ2n) is 2.58. The van der Waals surface area contributed by atoms with Crippen LogP contribution < -0.4 is 4.74 Å². The van der Waals surface area contributed by atoms with Gasteiger partial charge in [-0.25, -0.2) is 0 Å². The van der Waals surface area contributed by atoms with Gasteiger partial charge in [0.15, 0.2) is 5.75 Å². The van der Waals surface area contributed by atoms with Crippen LogP contribution in [0.5, 0.6) is 5.75 Å². The molecule has 1 aromatic heterocycles. The quantitative estimate of drug-likeness (QED) is 0.672. The van der Waals surface area contributed by atoms with Crippen molar-refractivity contribution in [2.45, 2.75) is 12.8 Å². The fourth-order valence-corrected chi connectivity index (χ4v) is 1.27. The van der Waals surface area contributed by atoms with Crippen molar-refractivity contribution < 1.29 is 4.74 Å².